The van der Waals surface area contributed by atoms with Crippen molar-refractivity contribution in [2.75, 3.05) is 13.7 Å². The SMILES string of the molecule is C=C[C@@H]1C[C@]1(NC(=O)[C@@H]1C[C@@H](Oc2cc(-c3ccccc3)nc3cc(OC)ccc23)CN1C(=O)C(O)c1ccccc1)C(=O)NS(=O)(=O)C1CC1. The number of nitrogens with zero attached hydrogens (tertiary/aromatic N) is 2. The Morgan fingerprint density at radius 2 is 1.75 bits per heavy atom. The Kier molecular flexibility index (Phi) is 9.02. The largest absolute Gasteiger partial charge is 0.497 e. The van der Waals surface area contributed by atoms with E-state index in [2.05, 4.69) is 16.6 Å². The molecule has 4 aromatic rings. The average molecular weight is 711 g/mol. The quantitative estimate of drug-likeness (QED) is 0.186. The molecular weight excluding hydrogens is 673 g/mol. The zero-order valence-corrected chi connectivity index (χ0v) is 28.7. The molecule has 0 spiro atoms. The van der Waals surface area contributed by atoms with Crippen molar-refractivity contribution < 1.29 is 37.4 Å². The van der Waals surface area contributed by atoms with Gasteiger partial charge in [-0.1, -0.05) is 66.7 Å². The van der Waals surface area contributed by atoms with Gasteiger partial charge in [-0.25, -0.2) is 13.4 Å². The molecule has 3 aliphatic rings. The fourth-order valence-electron chi connectivity index (χ4n) is 6.67. The minimum Gasteiger partial charge on any atom is -0.497 e. The third-order valence-corrected chi connectivity index (χ3v) is 11.6. The maximum Gasteiger partial charge on any atom is 0.259 e. The van der Waals surface area contributed by atoms with Crippen molar-refractivity contribution in [3.05, 3.63) is 103 Å². The van der Waals surface area contributed by atoms with Crippen molar-refractivity contribution in [2.45, 2.75) is 54.7 Å². The summed E-state index contributed by atoms with van der Waals surface area (Å²) in [6.07, 6.45) is 0.321. The third-order valence-electron chi connectivity index (χ3n) is 9.79. The predicted octanol–water partition coefficient (Wildman–Crippen LogP) is 3.66. The standard InChI is InChI=1S/C38H38N4O8S/c1-3-25-21-38(25,37(46)41-51(47,48)28-15-16-28)40-35(44)32-19-27(22-42(32)36(45)34(43)24-12-8-5-9-13-24)50-33-20-30(23-10-6-4-7-11-23)39-31-18-26(49-2)14-17-29(31)33/h3-14,17-18,20,25,27-28,32,34,43H,1,15-16,19,21-22H2,2H3,(H,40,44)(H,41,46)/t25-,27-,32+,34?,38-/m1/s1. The summed E-state index contributed by atoms with van der Waals surface area (Å²) in [6, 6.07) is 24.0. The molecule has 5 atom stereocenters. The van der Waals surface area contributed by atoms with Gasteiger partial charge in [0.2, 0.25) is 15.9 Å². The number of rotatable bonds is 12. The number of hydrogen-bond acceptors (Lipinski definition) is 9. The van der Waals surface area contributed by atoms with Gasteiger partial charge < -0.3 is 24.8 Å². The van der Waals surface area contributed by atoms with Crippen molar-refractivity contribution in [3.63, 3.8) is 0 Å². The summed E-state index contributed by atoms with van der Waals surface area (Å²) in [5.74, 6) is -1.66. The lowest BCUT2D eigenvalue weighted by Crippen LogP contribution is -2.56. The second-order valence-corrected chi connectivity index (χ2v) is 15.2. The number of benzene rings is 3. The number of likely N-dealkylation sites (tertiary alicyclic amines) is 1. The van der Waals surface area contributed by atoms with Crippen LogP contribution in [0, 0.1) is 5.92 Å². The number of carbonyl (C=O) groups excluding carboxylic acids is 3. The summed E-state index contributed by atoms with van der Waals surface area (Å²) >= 11 is 0. The first-order valence-corrected chi connectivity index (χ1v) is 18.3. The number of aliphatic hydroxyl groups is 1. The van der Waals surface area contributed by atoms with Crippen LogP contribution >= 0.6 is 0 Å². The van der Waals surface area contributed by atoms with E-state index < -0.39 is 62.7 Å². The maximum absolute atomic E-state index is 14.1. The molecule has 1 aliphatic heterocycles. The zero-order valence-electron chi connectivity index (χ0n) is 27.9. The Bertz CT molecular complexity index is 2110. The molecule has 2 aliphatic carbocycles. The molecule has 7 rings (SSSR count). The fourth-order valence-corrected chi connectivity index (χ4v) is 8.03. The van der Waals surface area contributed by atoms with Gasteiger partial charge >= 0.3 is 0 Å². The van der Waals surface area contributed by atoms with Crippen molar-refractivity contribution in [2.24, 2.45) is 5.92 Å². The molecule has 51 heavy (non-hydrogen) atoms. The van der Waals surface area contributed by atoms with E-state index in [9.17, 15) is 27.9 Å². The van der Waals surface area contributed by atoms with Gasteiger partial charge in [-0.3, -0.25) is 19.1 Å². The van der Waals surface area contributed by atoms with Crippen molar-refractivity contribution in [3.8, 4) is 22.8 Å². The molecule has 2 heterocycles. The van der Waals surface area contributed by atoms with Gasteiger partial charge in [-0.15, -0.1) is 6.58 Å². The molecule has 3 N–H and O–H groups in total. The number of ether oxygens (including phenoxy) is 2. The summed E-state index contributed by atoms with van der Waals surface area (Å²) in [4.78, 5) is 47.6. The third kappa shape index (κ3) is 6.78. The van der Waals surface area contributed by atoms with Gasteiger partial charge in [0.15, 0.2) is 6.10 Å². The summed E-state index contributed by atoms with van der Waals surface area (Å²) in [5, 5.41) is 14.0. The fraction of sp³-hybridized carbons (Fsp3) is 0.316. The van der Waals surface area contributed by atoms with Crippen LogP contribution in [-0.4, -0.2) is 77.7 Å². The molecular formula is C38H38N4O8S. The second-order valence-electron chi connectivity index (χ2n) is 13.2. The highest BCUT2D eigenvalue weighted by atomic mass is 32.2. The molecule has 1 unspecified atom stereocenters. The van der Waals surface area contributed by atoms with Crippen LogP contribution in [0.1, 0.15) is 37.4 Å². The number of carbonyl (C=O) groups is 3. The first kappa shape index (κ1) is 34.2. The van der Waals surface area contributed by atoms with Crippen LogP contribution in [0.2, 0.25) is 0 Å². The Labute approximate surface area is 295 Å². The van der Waals surface area contributed by atoms with Gasteiger partial charge in [0.25, 0.3) is 11.8 Å². The lowest BCUT2D eigenvalue weighted by atomic mass is 10.1. The molecule has 13 heteroatoms. The van der Waals surface area contributed by atoms with E-state index in [-0.39, 0.29) is 19.4 Å². The van der Waals surface area contributed by atoms with Gasteiger partial charge in [-0.2, -0.15) is 0 Å². The smallest absolute Gasteiger partial charge is 0.259 e. The highest BCUT2D eigenvalue weighted by molar-refractivity contribution is 7.91. The maximum atomic E-state index is 14.1. The predicted molar refractivity (Wildman–Crippen MR) is 189 cm³/mol. The topological polar surface area (TPSA) is 164 Å². The molecule has 264 valence electrons. The van der Waals surface area contributed by atoms with Crippen LogP contribution in [0.3, 0.4) is 0 Å². The van der Waals surface area contributed by atoms with Crippen LogP contribution in [0.25, 0.3) is 22.2 Å². The molecule has 0 radical (unpaired) electrons. The summed E-state index contributed by atoms with van der Waals surface area (Å²) < 4.78 is 39.5. The number of aromatic nitrogens is 1. The summed E-state index contributed by atoms with van der Waals surface area (Å²) in [6.45, 7) is 3.71. The first-order valence-electron chi connectivity index (χ1n) is 16.8. The Morgan fingerprint density at radius 3 is 2.39 bits per heavy atom. The van der Waals surface area contributed by atoms with Crippen LogP contribution in [0.4, 0.5) is 0 Å². The molecule has 1 saturated heterocycles. The van der Waals surface area contributed by atoms with E-state index in [0.717, 1.165) is 5.56 Å². The number of amides is 3. The zero-order chi connectivity index (χ0) is 35.9. The monoisotopic (exact) mass is 710 g/mol. The van der Waals surface area contributed by atoms with E-state index in [1.165, 1.54) is 11.0 Å². The number of nitrogens with one attached hydrogen (secondary N) is 2. The van der Waals surface area contributed by atoms with E-state index in [4.69, 9.17) is 14.5 Å². The molecule has 3 amide bonds. The summed E-state index contributed by atoms with van der Waals surface area (Å²) in [7, 11) is -2.32. The molecule has 3 aromatic carbocycles. The van der Waals surface area contributed by atoms with Crippen molar-refractivity contribution in [1.82, 2.24) is 19.9 Å². The summed E-state index contributed by atoms with van der Waals surface area (Å²) in [5.41, 5.74) is 0.917. The van der Waals surface area contributed by atoms with Crippen molar-refractivity contribution in [1.29, 1.82) is 0 Å². The number of aliphatic hydroxyl groups excluding tert-OH is 1. The molecule has 2 saturated carbocycles. The van der Waals surface area contributed by atoms with Gasteiger partial charge in [0.05, 0.1) is 30.1 Å². The van der Waals surface area contributed by atoms with Gasteiger partial charge in [0, 0.05) is 35.4 Å². The Morgan fingerprint density at radius 1 is 1.04 bits per heavy atom. The number of methoxy groups -OCH3 is 1. The molecule has 0 bridgehead atoms. The van der Waals surface area contributed by atoms with E-state index in [1.54, 1.807) is 55.6 Å². The molecule has 12 nitrogen and oxygen atoms in total. The van der Waals surface area contributed by atoms with Gasteiger partial charge in [-0.05, 0) is 37.0 Å². The minimum atomic E-state index is -3.89. The number of pyridine rings is 1. The second kappa shape index (κ2) is 13.5. The lowest BCUT2D eigenvalue weighted by molar-refractivity contribution is -0.146. The molecule has 1 aromatic heterocycles. The van der Waals surface area contributed by atoms with Crippen LogP contribution in [0.5, 0.6) is 11.5 Å². The lowest BCUT2D eigenvalue weighted by Gasteiger charge is -2.28. The minimum absolute atomic E-state index is 0.0244. The Hall–Kier alpha value is -5.27. The van der Waals surface area contributed by atoms with Crippen LogP contribution < -0.4 is 19.5 Å². The van der Waals surface area contributed by atoms with E-state index >= 15 is 0 Å². The van der Waals surface area contributed by atoms with E-state index in [0.29, 0.717) is 46.5 Å². The van der Waals surface area contributed by atoms with Crippen LogP contribution in [0.15, 0.2) is 97.6 Å². The normalized spacial score (nSPS) is 23.3. The average Bonchev–Trinajstić information content (AvgIpc) is 4.08. The number of hydrogen-bond donors (Lipinski definition) is 3. The molecule has 3 fully saturated rings. The van der Waals surface area contributed by atoms with E-state index in [1.807, 2.05) is 36.4 Å². The first-order chi connectivity index (χ1) is 24.5. The Balaban J connectivity index is 1.20. The van der Waals surface area contributed by atoms with Gasteiger partial charge in [0.1, 0.15) is 29.2 Å². The van der Waals surface area contributed by atoms with Crippen LogP contribution in [-0.2, 0) is 24.4 Å². The number of fused-ring (bicyclic) bond motifs is 1. The number of sulfonamides is 1. The van der Waals surface area contributed by atoms with Crippen molar-refractivity contribution >= 4 is 38.6 Å². The highest BCUT2D eigenvalue weighted by Crippen LogP contribution is 2.45. The highest BCUT2D eigenvalue weighted by Gasteiger charge is 2.62.